The Kier molecular flexibility index (Phi) is 3.82. The van der Waals surface area contributed by atoms with Crippen LogP contribution in [0, 0.1) is 0 Å². The second-order valence-electron chi connectivity index (χ2n) is 4.18. The molecule has 0 spiro atoms. The van der Waals surface area contributed by atoms with E-state index in [1.165, 1.54) is 0 Å². The number of aliphatic hydroxyl groups excluding tert-OH is 1. The number of aliphatic carboxylic acids is 1. The van der Waals surface area contributed by atoms with Crippen molar-refractivity contribution in [1.82, 2.24) is 10.3 Å². The summed E-state index contributed by atoms with van der Waals surface area (Å²) in [5, 5.41) is 20.8. The first kappa shape index (κ1) is 13.1. The number of benzene rings is 1. The number of carbonyl (C=O) groups is 2. The zero-order valence-corrected chi connectivity index (χ0v) is 10.1. The standard InChI is InChI=1S/C13H14N2O4/c16-7-11(13(18)19)15-12(17)5-8-6-14-10-4-2-1-3-9(8)10/h1-4,6,11,14,16H,5,7H2,(H,15,17)(H,18,19)/t11-/m0/s1. The number of aromatic nitrogens is 1. The number of hydrogen-bond donors (Lipinski definition) is 4. The Balaban J connectivity index is 2.09. The lowest BCUT2D eigenvalue weighted by molar-refractivity contribution is -0.142. The molecule has 1 heterocycles. The van der Waals surface area contributed by atoms with Gasteiger partial charge in [0.1, 0.15) is 6.04 Å². The molecule has 0 saturated carbocycles. The minimum absolute atomic E-state index is 0.0633. The number of nitrogens with one attached hydrogen (secondary N) is 2. The maximum atomic E-state index is 11.7. The van der Waals surface area contributed by atoms with E-state index in [0.717, 1.165) is 16.5 Å². The van der Waals surface area contributed by atoms with E-state index in [4.69, 9.17) is 10.2 Å². The molecule has 0 aliphatic carbocycles. The normalized spacial score (nSPS) is 12.3. The molecule has 6 nitrogen and oxygen atoms in total. The number of carbonyl (C=O) groups excluding carboxylic acids is 1. The van der Waals surface area contributed by atoms with Gasteiger partial charge < -0.3 is 20.5 Å². The average Bonchev–Trinajstić information content (AvgIpc) is 2.79. The summed E-state index contributed by atoms with van der Waals surface area (Å²) >= 11 is 0. The number of aliphatic hydroxyl groups is 1. The summed E-state index contributed by atoms with van der Waals surface area (Å²) in [6.07, 6.45) is 1.78. The molecule has 0 aliphatic rings. The number of hydrogen-bond acceptors (Lipinski definition) is 3. The second-order valence-corrected chi connectivity index (χ2v) is 4.18. The van der Waals surface area contributed by atoms with E-state index in [1.807, 2.05) is 24.3 Å². The molecular formula is C13H14N2O4. The van der Waals surface area contributed by atoms with Crippen LogP contribution in [0.3, 0.4) is 0 Å². The van der Waals surface area contributed by atoms with Gasteiger partial charge in [-0.25, -0.2) is 4.79 Å². The number of amides is 1. The molecule has 1 aromatic heterocycles. The van der Waals surface area contributed by atoms with Crippen molar-refractivity contribution in [3.8, 4) is 0 Å². The van der Waals surface area contributed by atoms with Gasteiger partial charge >= 0.3 is 5.97 Å². The fourth-order valence-corrected chi connectivity index (χ4v) is 1.88. The molecule has 0 fully saturated rings. The summed E-state index contributed by atoms with van der Waals surface area (Å²) in [5.74, 6) is -1.69. The fourth-order valence-electron chi connectivity index (χ4n) is 1.88. The molecule has 1 atom stereocenters. The van der Waals surface area contributed by atoms with E-state index in [1.54, 1.807) is 6.20 Å². The number of rotatable bonds is 5. The highest BCUT2D eigenvalue weighted by atomic mass is 16.4. The Bertz CT molecular complexity index is 605. The number of H-pyrrole nitrogens is 1. The lowest BCUT2D eigenvalue weighted by Gasteiger charge is -2.11. The summed E-state index contributed by atoms with van der Waals surface area (Å²) in [5.41, 5.74) is 1.71. The first-order valence-corrected chi connectivity index (χ1v) is 5.80. The molecule has 1 aromatic carbocycles. The number of aromatic amines is 1. The summed E-state index contributed by atoms with van der Waals surface area (Å²) in [7, 11) is 0. The number of carboxylic acids is 1. The van der Waals surface area contributed by atoms with Crippen LogP contribution >= 0.6 is 0 Å². The number of fused-ring (bicyclic) bond motifs is 1. The molecule has 0 radical (unpaired) electrons. The first-order valence-electron chi connectivity index (χ1n) is 5.80. The quantitative estimate of drug-likeness (QED) is 0.621. The van der Waals surface area contributed by atoms with Crippen molar-refractivity contribution in [2.75, 3.05) is 6.61 Å². The monoisotopic (exact) mass is 262 g/mol. The predicted molar refractivity (Wildman–Crippen MR) is 68.7 cm³/mol. The van der Waals surface area contributed by atoms with E-state index in [0.29, 0.717) is 0 Å². The molecule has 0 bridgehead atoms. The van der Waals surface area contributed by atoms with Crippen LogP contribution in [-0.4, -0.2) is 39.7 Å². The smallest absolute Gasteiger partial charge is 0.328 e. The van der Waals surface area contributed by atoms with Crippen molar-refractivity contribution < 1.29 is 19.8 Å². The van der Waals surface area contributed by atoms with Gasteiger partial charge in [0.2, 0.25) is 5.91 Å². The zero-order chi connectivity index (χ0) is 13.8. The van der Waals surface area contributed by atoms with Crippen LogP contribution in [-0.2, 0) is 16.0 Å². The van der Waals surface area contributed by atoms with E-state index >= 15 is 0 Å². The molecule has 19 heavy (non-hydrogen) atoms. The van der Waals surface area contributed by atoms with Gasteiger partial charge in [-0.05, 0) is 11.6 Å². The highest BCUT2D eigenvalue weighted by molar-refractivity contribution is 5.90. The van der Waals surface area contributed by atoms with Crippen LogP contribution in [0.2, 0.25) is 0 Å². The molecule has 4 N–H and O–H groups in total. The molecule has 2 aromatic rings. The lowest BCUT2D eigenvalue weighted by Crippen LogP contribution is -2.43. The Labute approximate surface area is 109 Å². The third kappa shape index (κ3) is 2.92. The minimum atomic E-state index is -1.27. The molecule has 2 rings (SSSR count). The van der Waals surface area contributed by atoms with Crippen molar-refractivity contribution in [3.05, 3.63) is 36.0 Å². The second kappa shape index (κ2) is 5.53. The lowest BCUT2D eigenvalue weighted by atomic mass is 10.1. The van der Waals surface area contributed by atoms with Crippen molar-refractivity contribution in [2.24, 2.45) is 0 Å². The third-order valence-electron chi connectivity index (χ3n) is 2.84. The maximum absolute atomic E-state index is 11.7. The summed E-state index contributed by atoms with van der Waals surface area (Å²) in [6, 6.07) is 6.26. The van der Waals surface area contributed by atoms with Gasteiger partial charge in [0.25, 0.3) is 0 Å². The van der Waals surface area contributed by atoms with Crippen LogP contribution in [0.1, 0.15) is 5.56 Å². The molecule has 0 aliphatic heterocycles. The van der Waals surface area contributed by atoms with Crippen molar-refractivity contribution in [3.63, 3.8) is 0 Å². The molecule has 0 saturated heterocycles. The summed E-state index contributed by atoms with van der Waals surface area (Å²) in [6.45, 7) is -0.630. The van der Waals surface area contributed by atoms with Gasteiger partial charge in [-0.15, -0.1) is 0 Å². The maximum Gasteiger partial charge on any atom is 0.328 e. The topological polar surface area (TPSA) is 102 Å². The van der Waals surface area contributed by atoms with Crippen LogP contribution in [0.15, 0.2) is 30.5 Å². The van der Waals surface area contributed by atoms with Crippen molar-refractivity contribution in [1.29, 1.82) is 0 Å². The zero-order valence-electron chi connectivity index (χ0n) is 10.1. The van der Waals surface area contributed by atoms with Crippen LogP contribution < -0.4 is 5.32 Å². The van der Waals surface area contributed by atoms with E-state index in [-0.39, 0.29) is 6.42 Å². The SMILES string of the molecule is O=C(Cc1c[nH]c2ccccc12)N[C@@H](CO)C(=O)O. The fraction of sp³-hybridized carbons (Fsp3) is 0.231. The van der Waals surface area contributed by atoms with Crippen molar-refractivity contribution in [2.45, 2.75) is 12.5 Å². The Morgan fingerprint density at radius 2 is 2.05 bits per heavy atom. The summed E-state index contributed by atoms with van der Waals surface area (Å²) in [4.78, 5) is 25.5. The minimum Gasteiger partial charge on any atom is -0.480 e. The van der Waals surface area contributed by atoms with Gasteiger partial charge in [-0.3, -0.25) is 4.79 Å². The molecule has 0 unspecified atom stereocenters. The van der Waals surface area contributed by atoms with E-state index in [9.17, 15) is 9.59 Å². The molecule has 100 valence electrons. The van der Waals surface area contributed by atoms with Gasteiger partial charge in [-0.2, -0.15) is 0 Å². The van der Waals surface area contributed by atoms with Gasteiger partial charge in [0, 0.05) is 17.1 Å². The molecule has 6 heteroatoms. The van der Waals surface area contributed by atoms with Crippen LogP contribution in [0.5, 0.6) is 0 Å². The molecular weight excluding hydrogens is 248 g/mol. The van der Waals surface area contributed by atoms with E-state index in [2.05, 4.69) is 10.3 Å². The van der Waals surface area contributed by atoms with Crippen molar-refractivity contribution >= 4 is 22.8 Å². The van der Waals surface area contributed by atoms with Gasteiger partial charge in [0.15, 0.2) is 0 Å². The first-order chi connectivity index (χ1) is 9.11. The number of para-hydroxylation sites is 1. The Morgan fingerprint density at radius 3 is 2.74 bits per heavy atom. The van der Waals surface area contributed by atoms with Crippen LogP contribution in [0.25, 0.3) is 10.9 Å². The Hall–Kier alpha value is -2.34. The third-order valence-corrected chi connectivity index (χ3v) is 2.84. The van der Waals surface area contributed by atoms with Crippen LogP contribution in [0.4, 0.5) is 0 Å². The average molecular weight is 262 g/mol. The Morgan fingerprint density at radius 1 is 1.32 bits per heavy atom. The summed E-state index contributed by atoms with van der Waals surface area (Å²) < 4.78 is 0. The highest BCUT2D eigenvalue weighted by Gasteiger charge is 2.19. The molecule has 1 amide bonds. The number of carboxylic acid groups (broad SMARTS) is 1. The highest BCUT2D eigenvalue weighted by Crippen LogP contribution is 2.17. The predicted octanol–water partition coefficient (Wildman–Crippen LogP) is 0.272. The largest absolute Gasteiger partial charge is 0.480 e. The van der Waals surface area contributed by atoms with Gasteiger partial charge in [0.05, 0.1) is 13.0 Å². The van der Waals surface area contributed by atoms with Gasteiger partial charge in [-0.1, -0.05) is 18.2 Å². The van der Waals surface area contributed by atoms with E-state index < -0.39 is 24.5 Å².